The minimum atomic E-state index is -0.430. The van der Waals surface area contributed by atoms with Crippen molar-refractivity contribution in [3.05, 3.63) is 51.2 Å². The van der Waals surface area contributed by atoms with Gasteiger partial charge in [-0.15, -0.1) is 11.4 Å². The second kappa shape index (κ2) is 15.1. The Balaban J connectivity index is 0.000000886. The van der Waals surface area contributed by atoms with E-state index in [4.69, 9.17) is 20.3 Å². The summed E-state index contributed by atoms with van der Waals surface area (Å²) >= 11 is 0. The molecule has 1 aliphatic carbocycles. The van der Waals surface area contributed by atoms with Crippen LogP contribution in [-0.2, 0) is 38.5 Å². The SMILES string of the molecule is CC(=O)C=C(C)O.CCOC(=O)c1c(C)[n-]c(/C=C2\N=C(N)C(C(=O)OC3C(C)CC(C)CC3C)=C2C)c1C.[Zn]. The summed E-state index contributed by atoms with van der Waals surface area (Å²) in [7, 11) is 0. The number of nitrogens with zero attached hydrogens (tertiary/aromatic N) is 2. The number of aryl methyl sites for hydroxylation is 1. The molecule has 2 aliphatic rings. The van der Waals surface area contributed by atoms with Crippen LogP contribution in [0.1, 0.15) is 88.6 Å². The Morgan fingerprint density at radius 1 is 1.07 bits per heavy atom. The summed E-state index contributed by atoms with van der Waals surface area (Å²) < 4.78 is 11.1. The summed E-state index contributed by atoms with van der Waals surface area (Å²) in [4.78, 5) is 44.2. The van der Waals surface area contributed by atoms with Crippen LogP contribution in [0.3, 0.4) is 0 Å². The van der Waals surface area contributed by atoms with E-state index in [1.807, 2.05) is 6.92 Å². The first-order chi connectivity index (χ1) is 18.2. The molecular formula is C30H42N3O6Zn-. The maximum absolute atomic E-state index is 13.0. The molecule has 40 heavy (non-hydrogen) atoms. The van der Waals surface area contributed by atoms with E-state index in [2.05, 4.69) is 30.7 Å². The first-order valence-electron chi connectivity index (χ1n) is 13.3. The number of aliphatic hydroxyl groups excluding tert-OH is 1. The van der Waals surface area contributed by atoms with Gasteiger partial charge in [0.1, 0.15) is 17.5 Å². The Labute approximate surface area is 250 Å². The third-order valence-electron chi connectivity index (χ3n) is 6.95. The first kappa shape index (κ1) is 35.0. The fraction of sp³-hybridized carbons (Fsp3) is 0.533. The fourth-order valence-corrected chi connectivity index (χ4v) is 5.39. The molecule has 2 atom stereocenters. The summed E-state index contributed by atoms with van der Waals surface area (Å²) in [6, 6.07) is 0. The quantitative estimate of drug-likeness (QED) is 0.197. The third kappa shape index (κ3) is 8.75. The van der Waals surface area contributed by atoms with Crippen molar-refractivity contribution in [1.29, 1.82) is 0 Å². The summed E-state index contributed by atoms with van der Waals surface area (Å²) in [5.41, 5.74) is 10.0. The molecule has 1 fully saturated rings. The van der Waals surface area contributed by atoms with Crippen molar-refractivity contribution < 1.29 is 48.4 Å². The molecule has 2 unspecified atom stereocenters. The normalized spacial score (nSPS) is 23.6. The molecule has 0 aromatic carbocycles. The summed E-state index contributed by atoms with van der Waals surface area (Å²) in [5.74, 6) is 0.493. The standard InChI is InChI=1S/C25H35N3O4.C5H8O2.Zn/c1-8-31-24(29)20-15(5)18(27-17(20)7)11-19-16(6)21(23(26)28-19)25(30)32-22-13(3)9-12(2)10-14(22)4;1-4(6)3-5(2)7;/h11-14,22H,8-10H2,1-7H3,(H3,26,27,28,29,30);3,6H,1-2H3;/p-1. The zero-order valence-electron chi connectivity index (χ0n) is 25.3. The molecule has 9 nitrogen and oxygen atoms in total. The number of hydrogen-bond acceptors (Lipinski definition) is 8. The number of aliphatic hydroxyl groups is 1. The topological polar surface area (TPSA) is 142 Å². The molecule has 1 aromatic heterocycles. The van der Waals surface area contributed by atoms with Crippen molar-refractivity contribution in [3.8, 4) is 0 Å². The maximum atomic E-state index is 13.0. The van der Waals surface area contributed by atoms with Crippen LogP contribution in [0.4, 0.5) is 0 Å². The fourth-order valence-electron chi connectivity index (χ4n) is 5.39. The second-order valence-corrected chi connectivity index (χ2v) is 10.6. The maximum Gasteiger partial charge on any atom is 0.342 e. The van der Waals surface area contributed by atoms with Gasteiger partial charge in [0, 0.05) is 31.1 Å². The van der Waals surface area contributed by atoms with Crippen LogP contribution in [0.5, 0.6) is 0 Å². The van der Waals surface area contributed by atoms with Crippen molar-refractivity contribution in [2.75, 3.05) is 6.61 Å². The number of hydrogen-bond donors (Lipinski definition) is 2. The number of esters is 2. The molecule has 0 saturated heterocycles. The van der Waals surface area contributed by atoms with Crippen molar-refractivity contribution in [1.82, 2.24) is 4.98 Å². The van der Waals surface area contributed by atoms with E-state index < -0.39 is 11.9 Å². The molecule has 1 aromatic rings. The minimum Gasteiger partial charge on any atom is -0.661 e. The average Bonchev–Trinajstić information content (AvgIpc) is 3.23. The zero-order chi connectivity index (χ0) is 29.6. The largest absolute Gasteiger partial charge is 0.661 e. The first-order valence-corrected chi connectivity index (χ1v) is 13.3. The molecule has 10 heteroatoms. The molecule has 3 N–H and O–H groups in total. The molecule has 0 bridgehead atoms. The Morgan fingerprint density at radius 2 is 1.65 bits per heavy atom. The monoisotopic (exact) mass is 604 g/mol. The van der Waals surface area contributed by atoms with Gasteiger partial charge in [0.05, 0.1) is 18.1 Å². The Morgan fingerprint density at radius 3 is 2.12 bits per heavy atom. The Kier molecular flexibility index (Phi) is 13.2. The Bertz CT molecular complexity index is 1220. The van der Waals surface area contributed by atoms with Gasteiger partial charge in [-0.3, -0.25) is 4.79 Å². The van der Waals surface area contributed by atoms with E-state index >= 15 is 0 Å². The van der Waals surface area contributed by atoms with Crippen LogP contribution in [0, 0.1) is 31.6 Å². The van der Waals surface area contributed by atoms with E-state index in [0.717, 1.165) is 12.8 Å². The van der Waals surface area contributed by atoms with Crippen molar-refractivity contribution in [3.63, 3.8) is 0 Å². The van der Waals surface area contributed by atoms with Gasteiger partial charge in [0.2, 0.25) is 0 Å². The molecule has 1 saturated carbocycles. The smallest absolute Gasteiger partial charge is 0.342 e. The van der Waals surface area contributed by atoms with E-state index in [1.54, 1.807) is 26.8 Å². The van der Waals surface area contributed by atoms with Crippen LogP contribution in [0.2, 0.25) is 0 Å². The average molecular weight is 606 g/mol. The van der Waals surface area contributed by atoms with Crippen LogP contribution >= 0.6 is 0 Å². The molecule has 1 aliphatic heterocycles. The molecular weight excluding hydrogens is 564 g/mol. The van der Waals surface area contributed by atoms with Crippen LogP contribution in [0.25, 0.3) is 6.08 Å². The number of aromatic nitrogens is 1. The predicted molar refractivity (Wildman–Crippen MR) is 151 cm³/mol. The summed E-state index contributed by atoms with van der Waals surface area (Å²) in [5, 5.41) is 8.36. The predicted octanol–water partition coefficient (Wildman–Crippen LogP) is 5.11. The number of allylic oxidation sites excluding steroid dienone is 3. The molecule has 2 heterocycles. The van der Waals surface area contributed by atoms with Gasteiger partial charge >= 0.3 is 11.9 Å². The number of nitrogens with two attached hydrogens (primary N) is 1. The Hall–Kier alpha value is -3.00. The van der Waals surface area contributed by atoms with Gasteiger partial charge in [-0.1, -0.05) is 39.3 Å². The van der Waals surface area contributed by atoms with E-state index in [-0.39, 0.29) is 43.0 Å². The summed E-state index contributed by atoms with van der Waals surface area (Å²) in [6.45, 7) is 16.8. The van der Waals surface area contributed by atoms with Crippen molar-refractivity contribution >= 4 is 29.6 Å². The second-order valence-electron chi connectivity index (χ2n) is 10.6. The van der Waals surface area contributed by atoms with Gasteiger partial charge in [-0.05, 0) is 70.8 Å². The van der Waals surface area contributed by atoms with Gasteiger partial charge in [0.15, 0.2) is 5.78 Å². The number of carbonyl (C=O) groups is 3. The summed E-state index contributed by atoms with van der Waals surface area (Å²) in [6.07, 6.45) is 4.87. The molecule has 0 amide bonds. The zero-order valence-corrected chi connectivity index (χ0v) is 28.2. The third-order valence-corrected chi connectivity index (χ3v) is 6.95. The van der Waals surface area contributed by atoms with Gasteiger partial charge in [-0.25, -0.2) is 14.6 Å². The van der Waals surface area contributed by atoms with Gasteiger partial charge < -0.3 is 25.3 Å². The minimum absolute atomic E-state index is 0. The van der Waals surface area contributed by atoms with Crippen LogP contribution < -0.4 is 10.7 Å². The van der Waals surface area contributed by atoms with Crippen LogP contribution in [-0.4, -0.2) is 41.4 Å². The van der Waals surface area contributed by atoms with Crippen molar-refractivity contribution in [2.45, 2.75) is 81.3 Å². The van der Waals surface area contributed by atoms with E-state index in [9.17, 15) is 14.4 Å². The van der Waals surface area contributed by atoms with Crippen molar-refractivity contribution in [2.24, 2.45) is 28.5 Å². The van der Waals surface area contributed by atoms with Crippen LogP contribution in [0.15, 0.2) is 33.7 Å². The number of rotatable bonds is 6. The van der Waals surface area contributed by atoms with E-state index in [0.29, 0.717) is 63.7 Å². The number of amidine groups is 1. The number of ether oxygens (including phenoxy) is 2. The molecule has 0 spiro atoms. The number of carbonyl (C=O) groups excluding carboxylic acids is 3. The molecule has 3 rings (SSSR count). The van der Waals surface area contributed by atoms with Gasteiger partial charge in [0.25, 0.3) is 0 Å². The number of aliphatic imine (C=N–C) groups is 1. The number of ketones is 1. The molecule has 0 radical (unpaired) electrons. The van der Waals surface area contributed by atoms with Gasteiger partial charge in [-0.2, -0.15) is 0 Å². The molecule has 216 valence electrons. The van der Waals surface area contributed by atoms with E-state index in [1.165, 1.54) is 19.9 Å².